The number of Topliss-reactive ketones (excluding diaryl/α,β-unsaturated/α-hetero) is 1. The van der Waals surface area contributed by atoms with E-state index in [0.29, 0.717) is 5.15 Å². The Balaban J connectivity index is 0.00000288. The molecule has 0 radical (unpaired) electrons. The van der Waals surface area contributed by atoms with Gasteiger partial charge in [-0.25, -0.2) is 0 Å². The van der Waals surface area contributed by atoms with Gasteiger partial charge in [-0.1, -0.05) is 30.3 Å². The molecular formula is C18H18ClIN2O2. The topological polar surface area (TPSA) is 50.1 Å². The summed E-state index contributed by atoms with van der Waals surface area (Å²) in [5.41, 5.74) is 2.48. The number of ketones is 1. The Bertz CT molecular complexity index is 761. The molecule has 126 valence electrons. The molecule has 6 heteroatoms. The highest BCUT2D eigenvalue weighted by Gasteiger charge is 2.16. The van der Waals surface area contributed by atoms with Crippen LogP contribution in [0, 0.1) is 0 Å². The number of pyridine rings is 1. The molecule has 1 amide bonds. The maximum Gasteiger partial charge on any atom is 0.275 e. The van der Waals surface area contributed by atoms with Crippen molar-refractivity contribution in [3.8, 4) is 0 Å². The third kappa shape index (κ3) is 5.42. The fraction of sp³-hybridized carbons (Fsp3) is 0.167. The highest BCUT2D eigenvalue weighted by Crippen LogP contribution is 2.23. The first-order valence-electron chi connectivity index (χ1n) is 7.19. The SMILES string of the molecule is CNC(=O)/C=C(\c1ccccc1)c1ccc(Cl)[n+](CC(C)=O)c1.[I-]. The van der Waals surface area contributed by atoms with Crippen LogP contribution in [0.4, 0.5) is 0 Å². The number of carbonyl (C=O) groups excluding carboxylic acids is 2. The van der Waals surface area contributed by atoms with Crippen molar-refractivity contribution < 1.29 is 38.1 Å². The van der Waals surface area contributed by atoms with E-state index in [4.69, 9.17) is 11.6 Å². The summed E-state index contributed by atoms with van der Waals surface area (Å²) in [5, 5.41) is 3.06. The number of halogens is 2. The summed E-state index contributed by atoms with van der Waals surface area (Å²) >= 11 is 6.14. The lowest BCUT2D eigenvalue weighted by Crippen LogP contribution is -3.00. The van der Waals surface area contributed by atoms with Gasteiger partial charge in [0.15, 0.2) is 12.0 Å². The largest absolute Gasteiger partial charge is 1.00 e. The second kappa shape index (κ2) is 9.54. The van der Waals surface area contributed by atoms with Gasteiger partial charge in [-0.15, -0.1) is 0 Å². The second-order valence-corrected chi connectivity index (χ2v) is 5.50. The fourth-order valence-electron chi connectivity index (χ4n) is 2.20. The zero-order valence-electron chi connectivity index (χ0n) is 13.4. The lowest BCUT2D eigenvalue weighted by atomic mass is 9.98. The first kappa shape index (κ1) is 20.3. The van der Waals surface area contributed by atoms with Crippen molar-refractivity contribution >= 4 is 28.9 Å². The number of carbonyl (C=O) groups is 2. The molecule has 1 heterocycles. The average Bonchev–Trinajstić information content (AvgIpc) is 2.55. The average molecular weight is 457 g/mol. The fourth-order valence-corrected chi connectivity index (χ4v) is 2.37. The maximum absolute atomic E-state index is 11.8. The lowest BCUT2D eigenvalue weighted by molar-refractivity contribution is -0.682. The number of rotatable bonds is 5. The lowest BCUT2D eigenvalue weighted by Gasteiger charge is -2.08. The Morgan fingerprint density at radius 2 is 1.79 bits per heavy atom. The van der Waals surface area contributed by atoms with Gasteiger partial charge in [0.2, 0.25) is 12.5 Å². The molecule has 4 nitrogen and oxygen atoms in total. The molecule has 0 aliphatic heterocycles. The monoisotopic (exact) mass is 456 g/mol. The maximum atomic E-state index is 11.8. The van der Waals surface area contributed by atoms with Crippen LogP contribution in [0.3, 0.4) is 0 Å². The van der Waals surface area contributed by atoms with Gasteiger partial charge in [-0.3, -0.25) is 9.59 Å². The number of amides is 1. The van der Waals surface area contributed by atoms with Crippen LogP contribution >= 0.6 is 11.6 Å². The molecular weight excluding hydrogens is 439 g/mol. The highest BCUT2D eigenvalue weighted by atomic mass is 127. The van der Waals surface area contributed by atoms with Crippen molar-refractivity contribution in [2.24, 2.45) is 0 Å². The molecule has 2 rings (SSSR count). The predicted octanol–water partition coefficient (Wildman–Crippen LogP) is -0.602. The minimum absolute atomic E-state index is 0. The van der Waals surface area contributed by atoms with Gasteiger partial charge in [0.1, 0.15) is 0 Å². The third-order valence-corrected chi connectivity index (χ3v) is 3.62. The Morgan fingerprint density at radius 1 is 1.12 bits per heavy atom. The summed E-state index contributed by atoms with van der Waals surface area (Å²) in [7, 11) is 1.58. The molecule has 1 aromatic carbocycles. The Kier molecular flexibility index (Phi) is 8.07. The van der Waals surface area contributed by atoms with Gasteiger partial charge in [-0.2, -0.15) is 4.57 Å². The van der Waals surface area contributed by atoms with E-state index >= 15 is 0 Å². The van der Waals surface area contributed by atoms with Crippen LogP contribution in [0.5, 0.6) is 0 Å². The number of benzene rings is 1. The van der Waals surface area contributed by atoms with Gasteiger partial charge < -0.3 is 29.3 Å². The highest BCUT2D eigenvalue weighted by molar-refractivity contribution is 6.28. The number of hydrogen-bond donors (Lipinski definition) is 1. The van der Waals surface area contributed by atoms with Crippen LogP contribution in [0.1, 0.15) is 18.1 Å². The van der Waals surface area contributed by atoms with Crippen LogP contribution < -0.4 is 33.9 Å². The van der Waals surface area contributed by atoms with E-state index in [1.54, 1.807) is 23.9 Å². The molecule has 0 aliphatic rings. The molecule has 0 fully saturated rings. The molecule has 2 aromatic rings. The minimum atomic E-state index is -0.197. The van der Waals surface area contributed by atoms with Crippen LogP contribution in [0.15, 0.2) is 54.7 Å². The Morgan fingerprint density at radius 3 is 2.38 bits per heavy atom. The number of likely N-dealkylation sites (N-methyl/N-ethyl adjacent to an activating group) is 1. The first-order valence-corrected chi connectivity index (χ1v) is 7.56. The first-order chi connectivity index (χ1) is 11.0. The second-order valence-electron chi connectivity index (χ2n) is 5.11. The van der Waals surface area contributed by atoms with E-state index < -0.39 is 0 Å². The van der Waals surface area contributed by atoms with Crippen LogP contribution in [0.2, 0.25) is 5.15 Å². The molecule has 1 N–H and O–H groups in total. The third-order valence-electron chi connectivity index (χ3n) is 3.28. The zero-order chi connectivity index (χ0) is 16.8. The number of aromatic nitrogens is 1. The predicted molar refractivity (Wildman–Crippen MR) is 89.9 cm³/mol. The molecule has 24 heavy (non-hydrogen) atoms. The van der Waals surface area contributed by atoms with Gasteiger partial charge in [0.05, 0.1) is 0 Å². The van der Waals surface area contributed by atoms with E-state index in [0.717, 1.165) is 16.7 Å². The molecule has 0 unspecified atom stereocenters. The smallest absolute Gasteiger partial charge is 0.275 e. The standard InChI is InChI=1S/C18H17ClN2O2.HI/c1-13(22)11-21-12-15(8-9-17(21)19)16(10-18(23)20-2)14-6-4-3-5-7-14;/h3-10,12H,11H2,1-2H3;1H/b16-10+;. The zero-order valence-corrected chi connectivity index (χ0v) is 16.3. The molecule has 0 aliphatic carbocycles. The van der Waals surface area contributed by atoms with E-state index in [1.807, 2.05) is 36.4 Å². The van der Waals surface area contributed by atoms with Gasteiger partial charge in [-0.05, 0) is 23.2 Å². The molecule has 0 bridgehead atoms. The van der Waals surface area contributed by atoms with E-state index in [1.165, 1.54) is 13.0 Å². The van der Waals surface area contributed by atoms with Crippen molar-refractivity contribution in [2.45, 2.75) is 13.5 Å². The van der Waals surface area contributed by atoms with Crippen molar-refractivity contribution in [2.75, 3.05) is 7.05 Å². The molecule has 0 saturated heterocycles. The summed E-state index contributed by atoms with van der Waals surface area (Å²) in [6.45, 7) is 1.70. The Hall–Kier alpha value is -1.73. The summed E-state index contributed by atoms with van der Waals surface area (Å²) < 4.78 is 1.67. The van der Waals surface area contributed by atoms with E-state index in [9.17, 15) is 9.59 Å². The van der Waals surface area contributed by atoms with Crippen molar-refractivity contribution in [3.63, 3.8) is 0 Å². The minimum Gasteiger partial charge on any atom is -1.00 e. The van der Waals surface area contributed by atoms with Crippen LogP contribution in [0.25, 0.3) is 5.57 Å². The molecule has 0 atom stereocenters. The van der Waals surface area contributed by atoms with E-state index in [-0.39, 0.29) is 42.2 Å². The summed E-state index contributed by atoms with van der Waals surface area (Å²) in [4.78, 5) is 23.2. The van der Waals surface area contributed by atoms with Crippen molar-refractivity contribution in [3.05, 3.63) is 71.0 Å². The van der Waals surface area contributed by atoms with Crippen molar-refractivity contribution in [1.82, 2.24) is 5.32 Å². The molecule has 0 spiro atoms. The van der Waals surface area contributed by atoms with Gasteiger partial charge >= 0.3 is 0 Å². The summed E-state index contributed by atoms with van der Waals surface area (Å²) in [6, 6.07) is 13.1. The van der Waals surface area contributed by atoms with Crippen LogP contribution in [-0.4, -0.2) is 18.7 Å². The normalized spacial score (nSPS) is 10.7. The van der Waals surface area contributed by atoms with Crippen molar-refractivity contribution in [1.29, 1.82) is 0 Å². The Labute approximate surface area is 163 Å². The summed E-state index contributed by atoms with van der Waals surface area (Å²) in [6.07, 6.45) is 3.32. The molecule has 1 aromatic heterocycles. The van der Waals surface area contributed by atoms with E-state index in [2.05, 4.69) is 5.32 Å². The van der Waals surface area contributed by atoms with Gasteiger partial charge in [0, 0.05) is 37.3 Å². The number of nitrogens with one attached hydrogen (secondary N) is 1. The quantitative estimate of drug-likeness (QED) is 0.283. The number of hydrogen-bond acceptors (Lipinski definition) is 2. The van der Waals surface area contributed by atoms with Gasteiger partial charge in [0.25, 0.3) is 5.15 Å². The number of nitrogens with zero attached hydrogens (tertiary/aromatic N) is 1. The molecule has 0 saturated carbocycles. The summed E-state index contributed by atoms with van der Waals surface area (Å²) in [5.74, 6) is -0.192. The van der Waals surface area contributed by atoms with Crippen LogP contribution in [-0.2, 0) is 16.1 Å².